The van der Waals surface area contributed by atoms with E-state index in [0.717, 1.165) is 48.5 Å². The van der Waals surface area contributed by atoms with Crippen LogP contribution in [0, 0.1) is 0 Å². The summed E-state index contributed by atoms with van der Waals surface area (Å²) < 4.78 is 84.7. The molecule has 12 rings (SSSR count). The van der Waals surface area contributed by atoms with Gasteiger partial charge in [-0.2, -0.15) is 0 Å². The van der Waals surface area contributed by atoms with Gasteiger partial charge in [-0.3, -0.25) is 19.2 Å². The summed E-state index contributed by atoms with van der Waals surface area (Å²) in [6.07, 6.45) is -46.3. The Balaban J connectivity index is 0.670. The largest absolute Gasteiger partial charge is 0.508 e. The van der Waals surface area contributed by atoms with E-state index in [-0.39, 0.29) is 33.9 Å². The molecule has 5 aromatic rings. The van der Waals surface area contributed by atoms with Gasteiger partial charge in [0.15, 0.2) is 39.9 Å². The lowest BCUT2D eigenvalue weighted by atomic mass is 9.99. The molecule has 25 atom stereocenters. The van der Waals surface area contributed by atoms with Crippen molar-refractivity contribution in [2.24, 2.45) is 0 Å². The van der Waals surface area contributed by atoms with Crippen molar-refractivity contribution < 1.29 is 197 Å². The van der Waals surface area contributed by atoms with Gasteiger partial charge in [0.1, 0.15) is 187 Å². The second kappa shape index (κ2) is 35.5. The number of aromatic hydroxyl groups is 5. The number of carbonyl (C=O) groups excluding carboxylic acids is 3. The van der Waals surface area contributed by atoms with Crippen LogP contribution in [-0.4, -0.2) is 317 Å². The smallest absolute Gasteiger partial charge is 0.330 e. The first-order valence-corrected chi connectivity index (χ1v) is 35.0. The maximum atomic E-state index is 14.4. The van der Waals surface area contributed by atoms with Crippen LogP contribution in [0.25, 0.3) is 51.0 Å². The molecular formula is C73H78O42. The van der Waals surface area contributed by atoms with Crippen LogP contribution in [0.4, 0.5) is 0 Å². The van der Waals surface area contributed by atoms with Crippen LogP contribution in [0.3, 0.4) is 0 Å². The van der Waals surface area contributed by atoms with E-state index in [4.69, 9.17) is 70.4 Å². The minimum atomic E-state index is -2.09. The zero-order chi connectivity index (χ0) is 82.9. The van der Waals surface area contributed by atoms with Gasteiger partial charge in [-0.15, -0.1) is 0 Å². The van der Waals surface area contributed by atoms with Crippen molar-refractivity contribution in [1.29, 1.82) is 0 Å². The topological polar surface area (TPSA) is 677 Å². The van der Waals surface area contributed by atoms with Crippen molar-refractivity contribution in [1.82, 2.24) is 0 Å². The lowest BCUT2D eigenvalue weighted by Crippen LogP contribution is -2.60. The number of benzene rings is 5. The number of phenols is 5. The predicted molar refractivity (Wildman–Crippen MR) is 372 cm³/mol. The third kappa shape index (κ3) is 18.2. The Morgan fingerprint density at radius 3 is 1.32 bits per heavy atom. The highest BCUT2D eigenvalue weighted by atomic mass is 16.7. The molecule has 6 aliphatic heterocycles. The maximum absolute atomic E-state index is 14.4. The van der Waals surface area contributed by atoms with E-state index >= 15 is 0 Å². The van der Waals surface area contributed by atoms with Gasteiger partial charge in [0.25, 0.3) is 0 Å². The highest BCUT2D eigenvalue weighted by Crippen LogP contribution is 2.46. The molecule has 5 saturated heterocycles. The van der Waals surface area contributed by atoms with Gasteiger partial charge < -0.3 is 183 Å². The molecule has 4 aromatic carbocycles. The van der Waals surface area contributed by atoms with Gasteiger partial charge in [-0.1, -0.05) is 12.1 Å². The highest BCUT2D eigenvalue weighted by molar-refractivity contribution is 5.89. The van der Waals surface area contributed by atoms with Gasteiger partial charge in [-0.05, 0) is 66.2 Å². The number of hydrogen-bond acceptors (Lipinski definition) is 42. The fourth-order valence-corrected chi connectivity index (χ4v) is 12.6. The van der Waals surface area contributed by atoms with E-state index in [2.05, 4.69) is 0 Å². The number of aliphatic hydroxyl groups is 17. The Morgan fingerprint density at radius 2 is 0.835 bits per heavy atom. The van der Waals surface area contributed by atoms with Crippen LogP contribution in [-0.2, 0) is 52.3 Å². The number of hydrogen-bond donors (Lipinski definition) is 22. The Morgan fingerprint density at radius 1 is 0.400 bits per heavy atom. The third-order valence-corrected chi connectivity index (χ3v) is 19.1. The standard InChI is InChI=1S/C73H78O42/c74-20-40-50(85)56(91)61(96)70(110-40)106-31-16-34(78)48-38(18-31)108-67(68(55(48)90)115-73-65(100)57(92)51(86)41(21-75)111-73)26-4-8-29(9-5-26)104-69-62(97)58(93)52(87)42(112-69)22-102-46(82)11-12-47(83)103-23-43-53(88)59(94)63(98)71(113-43)105-30-15-33(77)32-19-39(66(107-37(32)17-30)27-13-35(79)49(84)36(80)14-27)109-72-64(99)60(95)54(89)44(114-72)24-101-45(81)10-3-25-1-6-28(76)7-2-25/h1-10,13-19,40-44,50-54,56-65,69-76,78-80,84-89,91-100H,11-12,20-24H2/t40-,41+,42+,43+,44+,50+,51+,52+,53+,54+,56-,57-,58-,59-,60-,61-,62+,63+,64+,65+,69+,70+,71+,72+,73-/m0/s1. The van der Waals surface area contributed by atoms with Crippen LogP contribution < -0.4 is 34.5 Å². The Labute approximate surface area is 644 Å². The SMILES string of the molecule is O=C(C=Cc1ccc(O)cc1)OC[C@H]1O[C@@H](Oc2cc3c(=O)cc(O[C@@H]4O[C@H](COC(=O)CCC(=O)OC[C@H]5O[C@@H](Oc6ccc(-c7oc8cc(O[C@@H]9O[C@@H](CO)[C@@H](O)[C@H](O)[C@@H]9O)cc(O)c8c(=O)c7O[C@@H]7O[C@H](CO)[C@@H](O)[C@H](O)[C@H]7O)cc6)[C@H](O)[C@@H](O)[C@@H]5O)[C@@H](O)[C@H](O)[C@H]4O)cc-3oc2-c2cc(O)c(O)c(O)c2)[C@H](O)[C@@H](O)[C@@H]1O. The number of carbonyl (C=O) groups is 3. The third-order valence-electron chi connectivity index (χ3n) is 19.1. The number of esters is 3. The zero-order valence-electron chi connectivity index (χ0n) is 59.2. The van der Waals surface area contributed by atoms with Crippen LogP contribution in [0.2, 0.25) is 0 Å². The van der Waals surface area contributed by atoms with E-state index in [1.165, 1.54) is 54.6 Å². The summed E-state index contributed by atoms with van der Waals surface area (Å²) in [6, 6.07) is 17.1. The molecule has 1 aliphatic carbocycles. The Kier molecular flexibility index (Phi) is 26.0. The molecule has 0 radical (unpaired) electrons. The quantitative estimate of drug-likeness (QED) is 0.0110. The second-order valence-electron chi connectivity index (χ2n) is 27.0. The first kappa shape index (κ1) is 84.2. The lowest BCUT2D eigenvalue weighted by molar-refractivity contribution is -0.278. The summed E-state index contributed by atoms with van der Waals surface area (Å²) in [6.45, 7) is -4.19. The van der Waals surface area contributed by atoms with E-state index in [9.17, 15) is 136 Å². The van der Waals surface area contributed by atoms with Crippen molar-refractivity contribution in [3.05, 3.63) is 123 Å². The first-order valence-electron chi connectivity index (χ1n) is 35.0. The van der Waals surface area contributed by atoms with E-state index in [0.29, 0.717) is 5.56 Å². The van der Waals surface area contributed by atoms with Gasteiger partial charge in [-0.25, -0.2) is 4.79 Å². The number of aliphatic hydroxyl groups excluding tert-OH is 17. The fourth-order valence-electron chi connectivity index (χ4n) is 12.6. The van der Waals surface area contributed by atoms with Crippen molar-refractivity contribution in [2.75, 3.05) is 33.0 Å². The van der Waals surface area contributed by atoms with Crippen LogP contribution in [0.15, 0.2) is 115 Å². The van der Waals surface area contributed by atoms with Gasteiger partial charge >= 0.3 is 17.9 Å². The molecule has 0 spiro atoms. The van der Waals surface area contributed by atoms with Crippen molar-refractivity contribution in [3.63, 3.8) is 0 Å². The van der Waals surface area contributed by atoms with E-state index in [1.54, 1.807) is 0 Å². The molecule has 0 bridgehead atoms. The van der Waals surface area contributed by atoms with Gasteiger partial charge in [0, 0.05) is 41.5 Å². The van der Waals surface area contributed by atoms with Crippen molar-refractivity contribution in [2.45, 2.75) is 166 Å². The van der Waals surface area contributed by atoms with Crippen LogP contribution in [0.5, 0.6) is 57.5 Å². The molecule has 22 N–H and O–H groups in total. The first-order chi connectivity index (χ1) is 54.7. The van der Waals surface area contributed by atoms with E-state index < -0.39 is 297 Å². The molecule has 0 saturated carbocycles. The molecule has 0 unspecified atom stereocenters. The molecule has 7 aliphatic rings. The molecule has 622 valence electrons. The maximum Gasteiger partial charge on any atom is 0.330 e. The summed E-state index contributed by atoms with van der Waals surface area (Å²) in [5.41, 5.74) is -2.79. The predicted octanol–water partition coefficient (Wildman–Crippen LogP) is -5.55. The van der Waals surface area contributed by atoms with Crippen molar-refractivity contribution in [3.8, 4) is 91.5 Å². The minimum Gasteiger partial charge on any atom is -0.508 e. The number of rotatable bonds is 25. The molecule has 5 fully saturated rings. The molecule has 115 heavy (non-hydrogen) atoms. The van der Waals surface area contributed by atoms with E-state index in [1.807, 2.05) is 0 Å². The Bertz CT molecular complexity index is 4680. The summed E-state index contributed by atoms with van der Waals surface area (Å²) in [5.74, 6) is -10.6. The number of fused-ring (bicyclic) bond motifs is 2. The van der Waals surface area contributed by atoms with Crippen LogP contribution >= 0.6 is 0 Å². The summed E-state index contributed by atoms with van der Waals surface area (Å²) in [7, 11) is 0. The highest BCUT2D eigenvalue weighted by Gasteiger charge is 2.51. The second-order valence-corrected chi connectivity index (χ2v) is 27.0. The molecule has 0 amide bonds. The average Bonchev–Trinajstić information content (AvgIpc) is 0.750. The minimum absolute atomic E-state index is 0.0274. The average molecular weight is 1630 g/mol. The molecule has 7 heterocycles. The summed E-state index contributed by atoms with van der Waals surface area (Å²) in [4.78, 5) is 67.0. The summed E-state index contributed by atoms with van der Waals surface area (Å²) in [5, 5.41) is 232. The molecule has 42 nitrogen and oxygen atoms in total. The van der Waals surface area contributed by atoms with Gasteiger partial charge in [0.05, 0.1) is 31.6 Å². The fraction of sp³-hybridized carbons (Fsp3) is 0.438. The Hall–Kier alpha value is -10.2. The van der Waals surface area contributed by atoms with Crippen molar-refractivity contribution >= 4 is 35.0 Å². The molecule has 1 aromatic heterocycles. The normalized spacial score (nSPS) is 31.6. The number of ether oxygens (including phenoxy) is 13. The monoisotopic (exact) mass is 1630 g/mol. The molecular weight excluding hydrogens is 1550 g/mol. The lowest BCUT2D eigenvalue weighted by Gasteiger charge is -2.40. The molecule has 42 heteroatoms. The zero-order valence-corrected chi connectivity index (χ0v) is 59.2. The number of phenolic OH excluding ortho intramolecular Hbond substituents is 5. The summed E-state index contributed by atoms with van der Waals surface area (Å²) >= 11 is 0. The van der Waals surface area contributed by atoms with Crippen LogP contribution in [0.1, 0.15) is 18.4 Å². The van der Waals surface area contributed by atoms with Gasteiger partial charge in [0.2, 0.25) is 42.6 Å².